The fourth-order valence-electron chi connectivity index (χ4n) is 3.77. The zero-order valence-corrected chi connectivity index (χ0v) is 21.6. The van der Waals surface area contributed by atoms with Crippen molar-refractivity contribution in [1.82, 2.24) is 4.98 Å². The highest BCUT2D eigenvalue weighted by Gasteiger charge is 2.41. The van der Waals surface area contributed by atoms with Crippen molar-refractivity contribution in [3.8, 4) is 16.2 Å². The molecule has 0 aliphatic heterocycles. The van der Waals surface area contributed by atoms with Gasteiger partial charge in [0.1, 0.15) is 12.4 Å². The minimum absolute atomic E-state index is 0.232. The van der Waals surface area contributed by atoms with Gasteiger partial charge in [-0.05, 0) is 54.6 Å². The van der Waals surface area contributed by atoms with E-state index in [0.717, 1.165) is 44.8 Å². The largest absolute Gasteiger partial charge is 0.493 e. The lowest BCUT2D eigenvalue weighted by atomic mass is 9.88. The van der Waals surface area contributed by atoms with Crippen LogP contribution in [0.3, 0.4) is 0 Å². The van der Waals surface area contributed by atoms with Gasteiger partial charge in [0, 0.05) is 31.9 Å². The van der Waals surface area contributed by atoms with Crippen LogP contribution in [0.15, 0.2) is 36.4 Å². The molecule has 1 unspecified atom stereocenters. The Kier molecular flexibility index (Phi) is 8.46. The quantitative estimate of drug-likeness (QED) is 0.265. The second kappa shape index (κ2) is 11.0. The second-order valence-electron chi connectivity index (χ2n) is 9.47. The summed E-state index contributed by atoms with van der Waals surface area (Å²) in [6, 6.07) is 11.8. The van der Waals surface area contributed by atoms with Crippen LogP contribution in [0.2, 0.25) is 0 Å². The van der Waals surface area contributed by atoms with Gasteiger partial charge >= 0.3 is 12.1 Å². The van der Waals surface area contributed by atoms with Gasteiger partial charge in [0.2, 0.25) is 0 Å². The van der Waals surface area contributed by atoms with E-state index >= 15 is 0 Å². The molecule has 0 saturated heterocycles. The van der Waals surface area contributed by atoms with Gasteiger partial charge < -0.3 is 9.47 Å². The maximum absolute atomic E-state index is 13.2. The standard InChI is InChI=1S/C27H32F3NO3S/c1-6-19-9-11-21(22(7-2)31-19)24-12-18-8-10-20(13-23(18)35-24)33-15-26(5,14-27(28,29)30)16-34-25(32)17(3)4/h8-13,17H,6-7,14-16H2,1-5H3. The summed E-state index contributed by atoms with van der Waals surface area (Å²) in [5.41, 5.74) is 1.80. The monoisotopic (exact) mass is 507 g/mol. The number of rotatable bonds is 10. The van der Waals surface area contributed by atoms with Crippen LogP contribution >= 0.6 is 11.3 Å². The Morgan fingerprint density at radius 1 is 1.06 bits per heavy atom. The van der Waals surface area contributed by atoms with Crippen LogP contribution in [0.5, 0.6) is 5.75 Å². The average molecular weight is 508 g/mol. The molecule has 1 atom stereocenters. The number of esters is 1. The molecule has 8 heteroatoms. The lowest BCUT2D eigenvalue weighted by Gasteiger charge is -2.30. The predicted molar refractivity (Wildman–Crippen MR) is 134 cm³/mol. The first-order valence-electron chi connectivity index (χ1n) is 11.8. The van der Waals surface area contributed by atoms with Crippen molar-refractivity contribution in [3.05, 3.63) is 47.8 Å². The van der Waals surface area contributed by atoms with Crippen LogP contribution in [0.4, 0.5) is 13.2 Å². The van der Waals surface area contributed by atoms with Gasteiger partial charge in [-0.2, -0.15) is 13.2 Å². The first kappa shape index (κ1) is 27.0. The van der Waals surface area contributed by atoms with Crippen molar-refractivity contribution >= 4 is 27.4 Å². The number of fused-ring (bicyclic) bond motifs is 1. The van der Waals surface area contributed by atoms with E-state index in [-0.39, 0.29) is 13.2 Å². The van der Waals surface area contributed by atoms with Crippen LogP contribution in [-0.2, 0) is 22.4 Å². The zero-order chi connectivity index (χ0) is 25.8. The number of benzene rings is 1. The van der Waals surface area contributed by atoms with E-state index < -0.39 is 29.9 Å². The van der Waals surface area contributed by atoms with Crippen LogP contribution in [-0.4, -0.2) is 30.3 Å². The molecule has 4 nitrogen and oxygen atoms in total. The summed E-state index contributed by atoms with van der Waals surface area (Å²) in [6.07, 6.45) is -3.82. The number of ether oxygens (including phenoxy) is 2. The number of hydrogen-bond acceptors (Lipinski definition) is 5. The number of pyridine rings is 1. The van der Waals surface area contributed by atoms with E-state index in [1.807, 2.05) is 18.2 Å². The topological polar surface area (TPSA) is 48.4 Å². The fourth-order valence-corrected chi connectivity index (χ4v) is 4.91. The molecule has 0 aliphatic rings. The summed E-state index contributed by atoms with van der Waals surface area (Å²) in [5, 5.41) is 1.03. The summed E-state index contributed by atoms with van der Waals surface area (Å²) in [6.45, 7) is 8.27. The smallest absolute Gasteiger partial charge is 0.389 e. The number of carbonyl (C=O) groups is 1. The summed E-state index contributed by atoms with van der Waals surface area (Å²) in [5.74, 6) is -0.466. The Hall–Kier alpha value is -2.61. The molecule has 0 N–H and O–H groups in total. The van der Waals surface area contributed by atoms with Crippen LogP contribution in [0.25, 0.3) is 20.5 Å². The van der Waals surface area contributed by atoms with Crippen molar-refractivity contribution in [2.75, 3.05) is 13.2 Å². The Labute approximate surface area is 208 Å². The Bertz CT molecular complexity index is 1170. The van der Waals surface area contributed by atoms with E-state index in [1.165, 1.54) is 6.92 Å². The lowest BCUT2D eigenvalue weighted by Crippen LogP contribution is -2.36. The molecule has 0 spiro atoms. The first-order chi connectivity index (χ1) is 16.4. The highest BCUT2D eigenvalue weighted by molar-refractivity contribution is 7.22. The molecule has 0 aliphatic carbocycles. The van der Waals surface area contributed by atoms with E-state index in [2.05, 4.69) is 26.0 Å². The number of aromatic nitrogens is 1. The molecule has 190 valence electrons. The van der Waals surface area contributed by atoms with E-state index in [0.29, 0.717) is 5.75 Å². The van der Waals surface area contributed by atoms with Gasteiger partial charge in [-0.3, -0.25) is 9.78 Å². The number of carbonyl (C=O) groups excluding carboxylic acids is 1. The number of thiophene rings is 1. The molecular formula is C27H32F3NO3S. The van der Waals surface area contributed by atoms with Gasteiger partial charge in [0.25, 0.3) is 0 Å². The van der Waals surface area contributed by atoms with Gasteiger partial charge in [-0.15, -0.1) is 11.3 Å². The molecule has 0 bridgehead atoms. The predicted octanol–water partition coefficient (Wildman–Crippen LogP) is 7.62. The van der Waals surface area contributed by atoms with Crippen molar-refractivity contribution in [2.24, 2.45) is 11.3 Å². The van der Waals surface area contributed by atoms with Crippen molar-refractivity contribution < 1.29 is 27.4 Å². The molecule has 1 aromatic carbocycles. The summed E-state index contributed by atoms with van der Waals surface area (Å²) in [7, 11) is 0. The molecule has 0 amide bonds. The van der Waals surface area contributed by atoms with E-state index in [4.69, 9.17) is 14.5 Å². The third-order valence-corrected chi connectivity index (χ3v) is 6.87. The second-order valence-corrected chi connectivity index (χ2v) is 10.6. The molecule has 35 heavy (non-hydrogen) atoms. The molecule has 2 heterocycles. The molecule has 0 saturated carbocycles. The SMILES string of the molecule is CCc1ccc(-c2cc3ccc(OCC(C)(COC(=O)C(C)C)CC(F)(F)F)cc3s2)c(CC)n1. The fraction of sp³-hybridized carbons (Fsp3) is 0.481. The minimum atomic E-state index is -4.41. The van der Waals surface area contributed by atoms with Gasteiger partial charge in [0.05, 0.1) is 18.9 Å². The average Bonchev–Trinajstić information content (AvgIpc) is 3.22. The molecule has 2 aromatic heterocycles. The highest BCUT2D eigenvalue weighted by Crippen LogP contribution is 2.38. The Balaban J connectivity index is 1.80. The maximum Gasteiger partial charge on any atom is 0.389 e. The molecular weight excluding hydrogens is 475 g/mol. The van der Waals surface area contributed by atoms with Crippen molar-refractivity contribution in [2.45, 2.75) is 60.1 Å². The zero-order valence-electron chi connectivity index (χ0n) is 20.8. The van der Waals surface area contributed by atoms with E-state index in [1.54, 1.807) is 31.3 Å². The first-order valence-corrected chi connectivity index (χ1v) is 12.6. The van der Waals surface area contributed by atoms with Crippen LogP contribution < -0.4 is 4.74 Å². The normalized spacial score (nSPS) is 13.7. The molecule has 3 rings (SSSR count). The number of alkyl halides is 3. The summed E-state index contributed by atoms with van der Waals surface area (Å²) in [4.78, 5) is 17.7. The van der Waals surface area contributed by atoms with Gasteiger partial charge in [-0.25, -0.2) is 0 Å². The summed E-state index contributed by atoms with van der Waals surface area (Å²) < 4.78 is 51.7. The van der Waals surface area contributed by atoms with Crippen LogP contribution in [0.1, 0.15) is 52.4 Å². The Morgan fingerprint density at radius 2 is 1.80 bits per heavy atom. The third-order valence-electron chi connectivity index (χ3n) is 5.73. The Morgan fingerprint density at radius 3 is 2.43 bits per heavy atom. The molecule has 0 radical (unpaired) electrons. The van der Waals surface area contributed by atoms with Crippen molar-refractivity contribution in [1.29, 1.82) is 0 Å². The number of hydrogen-bond donors (Lipinski definition) is 0. The lowest BCUT2D eigenvalue weighted by molar-refractivity contribution is -0.175. The van der Waals surface area contributed by atoms with Gasteiger partial charge in [-0.1, -0.05) is 34.6 Å². The summed E-state index contributed by atoms with van der Waals surface area (Å²) >= 11 is 1.60. The van der Waals surface area contributed by atoms with E-state index in [9.17, 15) is 18.0 Å². The third kappa shape index (κ3) is 7.19. The van der Waals surface area contributed by atoms with Crippen molar-refractivity contribution in [3.63, 3.8) is 0 Å². The molecule has 0 fully saturated rings. The minimum Gasteiger partial charge on any atom is -0.493 e. The number of aryl methyl sites for hydroxylation is 2. The molecule has 3 aromatic rings. The van der Waals surface area contributed by atoms with Gasteiger partial charge in [0.15, 0.2) is 0 Å². The maximum atomic E-state index is 13.2. The number of halogens is 3. The van der Waals surface area contributed by atoms with Crippen LogP contribution in [0, 0.1) is 11.3 Å². The number of nitrogens with zero attached hydrogens (tertiary/aromatic N) is 1. The highest BCUT2D eigenvalue weighted by atomic mass is 32.1.